The van der Waals surface area contributed by atoms with Crippen molar-refractivity contribution in [3.05, 3.63) is 0 Å². The molecule has 16 heavy (non-hydrogen) atoms. The van der Waals surface area contributed by atoms with Crippen LogP contribution in [0.25, 0.3) is 0 Å². The predicted octanol–water partition coefficient (Wildman–Crippen LogP) is 0.639. The Hall–Kier alpha value is -1.30. The highest BCUT2D eigenvalue weighted by Gasteiger charge is 2.04. The van der Waals surface area contributed by atoms with Gasteiger partial charge in [-0.25, -0.2) is 0 Å². The Morgan fingerprint density at radius 3 is 2.38 bits per heavy atom. The van der Waals surface area contributed by atoms with Gasteiger partial charge in [0.25, 0.3) is 0 Å². The van der Waals surface area contributed by atoms with E-state index in [0.29, 0.717) is 0 Å². The zero-order valence-electron chi connectivity index (χ0n) is 9.97. The molecule has 0 aromatic heterocycles. The van der Waals surface area contributed by atoms with E-state index in [4.69, 9.17) is 22.3 Å². The summed E-state index contributed by atoms with van der Waals surface area (Å²) in [5, 5.41) is 19.4. The SMILES string of the molecule is CCCCCCCC(N)NC(=N)NC(=N)N. The van der Waals surface area contributed by atoms with E-state index < -0.39 is 0 Å². The van der Waals surface area contributed by atoms with Crippen molar-refractivity contribution in [3.63, 3.8) is 0 Å². The lowest BCUT2D eigenvalue weighted by Crippen LogP contribution is -2.50. The molecule has 0 radical (unpaired) electrons. The molecule has 0 aliphatic heterocycles. The van der Waals surface area contributed by atoms with E-state index in [0.717, 1.165) is 12.8 Å². The van der Waals surface area contributed by atoms with Gasteiger partial charge in [-0.1, -0.05) is 39.0 Å². The first-order valence-corrected chi connectivity index (χ1v) is 5.78. The number of hydrogen-bond donors (Lipinski definition) is 6. The summed E-state index contributed by atoms with van der Waals surface area (Å²) in [6.07, 6.45) is 6.55. The summed E-state index contributed by atoms with van der Waals surface area (Å²) >= 11 is 0. The summed E-state index contributed by atoms with van der Waals surface area (Å²) in [6.45, 7) is 2.18. The minimum atomic E-state index is -0.257. The fourth-order valence-corrected chi connectivity index (χ4v) is 1.40. The minimum absolute atomic E-state index is 0.0199. The first kappa shape index (κ1) is 14.7. The third-order valence-corrected chi connectivity index (χ3v) is 2.21. The number of nitrogens with two attached hydrogens (primary N) is 2. The maximum absolute atomic E-state index is 7.37. The van der Waals surface area contributed by atoms with Gasteiger partial charge in [0.2, 0.25) is 0 Å². The molecule has 0 saturated heterocycles. The van der Waals surface area contributed by atoms with Crippen LogP contribution in [0.3, 0.4) is 0 Å². The molecule has 0 rings (SSSR count). The summed E-state index contributed by atoms with van der Waals surface area (Å²) in [5.74, 6) is -0.277. The molecule has 0 saturated carbocycles. The Balaban J connectivity index is 3.46. The first-order valence-electron chi connectivity index (χ1n) is 5.78. The normalized spacial score (nSPS) is 11.9. The van der Waals surface area contributed by atoms with Crippen LogP contribution in [-0.4, -0.2) is 18.1 Å². The highest BCUT2D eigenvalue weighted by molar-refractivity contribution is 5.94. The number of rotatable bonds is 7. The quantitative estimate of drug-likeness (QED) is 0.165. The molecule has 0 amide bonds. The average Bonchev–Trinajstić information content (AvgIpc) is 2.15. The molecule has 6 nitrogen and oxygen atoms in total. The Bertz CT molecular complexity index is 215. The molecule has 0 aromatic rings. The van der Waals surface area contributed by atoms with Crippen molar-refractivity contribution in [3.8, 4) is 0 Å². The van der Waals surface area contributed by atoms with Gasteiger partial charge in [0.05, 0.1) is 6.17 Å². The maximum Gasteiger partial charge on any atom is 0.196 e. The minimum Gasteiger partial charge on any atom is -0.370 e. The fraction of sp³-hybridized carbons (Fsp3) is 0.800. The molecule has 0 aromatic carbocycles. The van der Waals surface area contributed by atoms with Crippen LogP contribution >= 0.6 is 0 Å². The molecule has 0 aliphatic rings. The lowest BCUT2D eigenvalue weighted by Gasteiger charge is -2.15. The van der Waals surface area contributed by atoms with Gasteiger partial charge >= 0.3 is 0 Å². The smallest absolute Gasteiger partial charge is 0.196 e. The molecule has 1 atom stereocenters. The van der Waals surface area contributed by atoms with Crippen molar-refractivity contribution in [2.45, 2.75) is 51.6 Å². The van der Waals surface area contributed by atoms with Gasteiger partial charge in [0.1, 0.15) is 0 Å². The zero-order valence-corrected chi connectivity index (χ0v) is 9.97. The zero-order chi connectivity index (χ0) is 12.4. The number of unbranched alkanes of at least 4 members (excludes halogenated alkanes) is 4. The monoisotopic (exact) mass is 228 g/mol. The predicted molar refractivity (Wildman–Crippen MR) is 67.3 cm³/mol. The van der Waals surface area contributed by atoms with Crippen LogP contribution in [-0.2, 0) is 0 Å². The van der Waals surface area contributed by atoms with E-state index in [1.807, 2.05) is 0 Å². The van der Waals surface area contributed by atoms with E-state index in [9.17, 15) is 0 Å². The number of nitrogens with one attached hydrogen (secondary N) is 4. The Morgan fingerprint density at radius 1 is 1.19 bits per heavy atom. The van der Waals surface area contributed by atoms with E-state index >= 15 is 0 Å². The van der Waals surface area contributed by atoms with Gasteiger partial charge in [0.15, 0.2) is 11.9 Å². The summed E-state index contributed by atoms with van der Waals surface area (Å²) in [5.41, 5.74) is 10.8. The number of hydrogen-bond acceptors (Lipinski definition) is 3. The Labute approximate surface area is 97.2 Å². The second kappa shape index (κ2) is 8.96. The van der Waals surface area contributed by atoms with E-state index in [2.05, 4.69) is 17.6 Å². The second-order valence-electron chi connectivity index (χ2n) is 3.87. The third kappa shape index (κ3) is 9.26. The van der Waals surface area contributed by atoms with Crippen LogP contribution in [0.1, 0.15) is 45.4 Å². The molecular formula is C10H24N6. The van der Waals surface area contributed by atoms with Gasteiger partial charge in [-0.3, -0.25) is 16.1 Å². The topological polar surface area (TPSA) is 124 Å². The van der Waals surface area contributed by atoms with Gasteiger partial charge in [0, 0.05) is 0 Å². The molecule has 1 unspecified atom stereocenters. The van der Waals surface area contributed by atoms with Gasteiger partial charge in [-0.2, -0.15) is 0 Å². The summed E-state index contributed by atoms with van der Waals surface area (Å²) in [6, 6.07) is 0. The van der Waals surface area contributed by atoms with E-state index in [1.165, 1.54) is 25.7 Å². The van der Waals surface area contributed by atoms with Crippen LogP contribution in [0, 0.1) is 10.8 Å². The molecule has 0 fully saturated rings. The van der Waals surface area contributed by atoms with E-state index in [-0.39, 0.29) is 18.1 Å². The molecule has 0 aliphatic carbocycles. The molecule has 0 bridgehead atoms. The van der Waals surface area contributed by atoms with Crippen LogP contribution in [0.2, 0.25) is 0 Å². The van der Waals surface area contributed by atoms with Crippen molar-refractivity contribution in [1.29, 1.82) is 10.8 Å². The summed E-state index contributed by atoms with van der Waals surface area (Å²) in [4.78, 5) is 0. The van der Waals surface area contributed by atoms with Gasteiger partial charge in [-0.15, -0.1) is 0 Å². The lowest BCUT2D eigenvalue weighted by molar-refractivity contribution is 0.517. The first-order chi connectivity index (χ1) is 7.56. The molecule has 0 spiro atoms. The van der Waals surface area contributed by atoms with Crippen molar-refractivity contribution in [1.82, 2.24) is 10.6 Å². The average molecular weight is 228 g/mol. The summed E-state index contributed by atoms with van der Waals surface area (Å²) in [7, 11) is 0. The van der Waals surface area contributed by atoms with Crippen LogP contribution in [0.4, 0.5) is 0 Å². The van der Waals surface area contributed by atoms with Crippen LogP contribution in [0.5, 0.6) is 0 Å². The molecule has 0 heterocycles. The molecular weight excluding hydrogens is 204 g/mol. The Kier molecular flexibility index (Phi) is 8.24. The Morgan fingerprint density at radius 2 is 1.81 bits per heavy atom. The van der Waals surface area contributed by atoms with Crippen molar-refractivity contribution < 1.29 is 0 Å². The lowest BCUT2D eigenvalue weighted by atomic mass is 10.1. The fourth-order valence-electron chi connectivity index (χ4n) is 1.40. The molecule has 8 N–H and O–H groups in total. The van der Waals surface area contributed by atoms with Crippen LogP contribution in [0.15, 0.2) is 0 Å². The van der Waals surface area contributed by atoms with Crippen molar-refractivity contribution in [2.24, 2.45) is 11.5 Å². The second-order valence-corrected chi connectivity index (χ2v) is 3.87. The molecule has 6 heteroatoms. The van der Waals surface area contributed by atoms with Crippen LogP contribution < -0.4 is 22.1 Å². The van der Waals surface area contributed by atoms with Gasteiger partial charge < -0.3 is 16.8 Å². The highest BCUT2D eigenvalue weighted by atomic mass is 15.2. The van der Waals surface area contributed by atoms with Gasteiger partial charge in [-0.05, 0) is 6.42 Å². The van der Waals surface area contributed by atoms with Crippen molar-refractivity contribution >= 4 is 11.9 Å². The summed E-state index contributed by atoms with van der Waals surface area (Å²) < 4.78 is 0. The highest BCUT2D eigenvalue weighted by Crippen LogP contribution is 2.05. The number of guanidine groups is 2. The largest absolute Gasteiger partial charge is 0.370 e. The molecule has 94 valence electrons. The standard InChI is InChI=1S/C10H24N6/c1-2-3-4-5-6-7-8(11)15-10(14)16-9(12)13/h8H,2-7,11H2,1H3,(H6,12,13,14,15,16). The maximum atomic E-state index is 7.37. The van der Waals surface area contributed by atoms with Crippen molar-refractivity contribution in [2.75, 3.05) is 0 Å². The van der Waals surface area contributed by atoms with E-state index in [1.54, 1.807) is 0 Å². The third-order valence-electron chi connectivity index (χ3n) is 2.21.